The zero-order valence-electron chi connectivity index (χ0n) is 14.1. The van der Waals surface area contributed by atoms with Crippen molar-refractivity contribution in [2.45, 2.75) is 32.3 Å². The molecule has 0 amide bonds. The van der Waals surface area contributed by atoms with Crippen molar-refractivity contribution in [1.29, 1.82) is 0 Å². The first-order chi connectivity index (χ1) is 12.9. The number of esters is 2. The van der Waals surface area contributed by atoms with Crippen LogP contribution in [-0.4, -0.2) is 11.9 Å². The minimum atomic E-state index is -1.79. The van der Waals surface area contributed by atoms with Gasteiger partial charge in [0.05, 0.1) is 0 Å². The highest BCUT2D eigenvalue weighted by Crippen LogP contribution is 2.26. The van der Waals surface area contributed by atoms with Crippen molar-refractivity contribution >= 4 is 11.9 Å². The SMILES string of the molecule is O=C(CCCCC(=O)Oc1c(F)c(F)cc(F)c1F)OCc1ccccc1. The highest BCUT2D eigenvalue weighted by molar-refractivity contribution is 5.73. The fraction of sp³-hybridized carbons (Fsp3) is 0.263. The van der Waals surface area contributed by atoms with E-state index in [9.17, 15) is 27.2 Å². The van der Waals surface area contributed by atoms with E-state index in [-0.39, 0.29) is 38.4 Å². The van der Waals surface area contributed by atoms with Crippen LogP contribution >= 0.6 is 0 Å². The van der Waals surface area contributed by atoms with Gasteiger partial charge in [-0.05, 0) is 18.4 Å². The normalized spacial score (nSPS) is 10.5. The number of halogens is 4. The Morgan fingerprint density at radius 3 is 1.96 bits per heavy atom. The molecule has 2 aromatic rings. The number of hydrogen-bond donors (Lipinski definition) is 0. The number of benzene rings is 2. The maximum absolute atomic E-state index is 13.4. The summed E-state index contributed by atoms with van der Waals surface area (Å²) < 4.78 is 62.3. The van der Waals surface area contributed by atoms with E-state index >= 15 is 0 Å². The lowest BCUT2D eigenvalue weighted by molar-refractivity contribution is -0.145. The summed E-state index contributed by atoms with van der Waals surface area (Å²) in [7, 11) is 0. The first kappa shape index (κ1) is 20.4. The Bertz CT molecular complexity index is 783. The topological polar surface area (TPSA) is 52.6 Å². The van der Waals surface area contributed by atoms with E-state index in [2.05, 4.69) is 4.74 Å². The molecule has 0 heterocycles. The molecule has 144 valence electrons. The van der Waals surface area contributed by atoms with E-state index in [4.69, 9.17) is 4.74 Å². The monoisotopic (exact) mass is 384 g/mol. The molecular weight excluding hydrogens is 368 g/mol. The highest BCUT2D eigenvalue weighted by atomic mass is 19.2. The molecular formula is C19H16F4O4. The second kappa shape index (κ2) is 9.70. The second-order valence-electron chi connectivity index (χ2n) is 5.62. The number of carbonyl (C=O) groups excluding carboxylic acids is 2. The molecule has 0 aliphatic heterocycles. The van der Waals surface area contributed by atoms with Crippen LogP contribution in [0.2, 0.25) is 0 Å². The van der Waals surface area contributed by atoms with E-state index in [0.29, 0.717) is 0 Å². The van der Waals surface area contributed by atoms with Crippen LogP contribution in [0.5, 0.6) is 5.75 Å². The van der Waals surface area contributed by atoms with Gasteiger partial charge in [0.1, 0.15) is 6.61 Å². The van der Waals surface area contributed by atoms with Crippen LogP contribution in [0.4, 0.5) is 17.6 Å². The lowest BCUT2D eigenvalue weighted by atomic mass is 10.2. The number of rotatable bonds is 8. The van der Waals surface area contributed by atoms with Gasteiger partial charge in [-0.15, -0.1) is 0 Å². The zero-order valence-corrected chi connectivity index (χ0v) is 14.1. The van der Waals surface area contributed by atoms with Crippen molar-refractivity contribution in [3.8, 4) is 5.75 Å². The quantitative estimate of drug-likeness (QED) is 0.222. The van der Waals surface area contributed by atoms with Crippen molar-refractivity contribution in [1.82, 2.24) is 0 Å². The number of carbonyl (C=O) groups is 2. The Morgan fingerprint density at radius 1 is 0.815 bits per heavy atom. The molecule has 0 saturated heterocycles. The van der Waals surface area contributed by atoms with Crippen LogP contribution < -0.4 is 4.74 Å². The first-order valence-corrected chi connectivity index (χ1v) is 8.11. The van der Waals surface area contributed by atoms with E-state index in [1.807, 2.05) is 18.2 Å². The van der Waals surface area contributed by atoms with Crippen LogP contribution in [0, 0.1) is 23.3 Å². The van der Waals surface area contributed by atoms with Gasteiger partial charge in [-0.25, -0.2) is 8.78 Å². The lowest BCUT2D eigenvalue weighted by Gasteiger charge is -2.08. The third-order valence-electron chi connectivity index (χ3n) is 3.54. The fourth-order valence-corrected chi connectivity index (χ4v) is 2.15. The third kappa shape index (κ3) is 6.09. The average molecular weight is 384 g/mol. The van der Waals surface area contributed by atoms with E-state index in [1.165, 1.54) is 0 Å². The minimum Gasteiger partial charge on any atom is -0.461 e. The maximum atomic E-state index is 13.4. The van der Waals surface area contributed by atoms with Gasteiger partial charge >= 0.3 is 11.9 Å². The molecule has 0 bridgehead atoms. The fourth-order valence-electron chi connectivity index (χ4n) is 2.15. The van der Waals surface area contributed by atoms with Crippen LogP contribution in [-0.2, 0) is 20.9 Å². The molecule has 0 saturated carbocycles. The largest absolute Gasteiger partial charge is 0.461 e. The average Bonchev–Trinajstić information content (AvgIpc) is 2.66. The van der Waals surface area contributed by atoms with Gasteiger partial charge in [0.2, 0.25) is 17.4 Å². The summed E-state index contributed by atoms with van der Waals surface area (Å²) in [6.45, 7) is 0.130. The van der Waals surface area contributed by atoms with Crippen molar-refractivity contribution in [2.75, 3.05) is 0 Å². The summed E-state index contributed by atoms with van der Waals surface area (Å²) in [5, 5.41) is 0. The van der Waals surface area contributed by atoms with Crippen LogP contribution in [0.25, 0.3) is 0 Å². The van der Waals surface area contributed by atoms with Gasteiger partial charge in [0.15, 0.2) is 11.6 Å². The maximum Gasteiger partial charge on any atom is 0.311 e. The van der Waals surface area contributed by atoms with Gasteiger partial charge in [-0.3, -0.25) is 9.59 Å². The summed E-state index contributed by atoms with van der Waals surface area (Å²) in [6, 6.07) is 9.08. The first-order valence-electron chi connectivity index (χ1n) is 8.11. The molecule has 0 atom stereocenters. The van der Waals surface area contributed by atoms with Gasteiger partial charge < -0.3 is 9.47 Å². The van der Waals surface area contributed by atoms with E-state index in [1.54, 1.807) is 12.1 Å². The second-order valence-corrected chi connectivity index (χ2v) is 5.62. The van der Waals surface area contributed by atoms with Crippen molar-refractivity contribution in [3.05, 3.63) is 65.2 Å². The number of hydrogen-bond acceptors (Lipinski definition) is 4. The molecule has 2 aromatic carbocycles. The third-order valence-corrected chi connectivity index (χ3v) is 3.54. The van der Waals surface area contributed by atoms with Gasteiger partial charge in [0.25, 0.3) is 0 Å². The Labute approximate surface area is 152 Å². The molecule has 0 aliphatic rings. The molecule has 0 aliphatic carbocycles. The summed E-state index contributed by atoms with van der Waals surface area (Å²) in [5.74, 6) is -9.86. The Balaban J connectivity index is 1.71. The molecule has 0 aromatic heterocycles. The molecule has 8 heteroatoms. The number of unbranched alkanes of at least 4 members (excludes halogenated alkanes) is 1. The highest BCUT2D eigenvalue weighted by Gasteiger charge is 2.22. The van der Waals surface area contributed by atoms with Gasteiger partial charge in [-0.1, -0.05) is 30.3 Å². The van der Waals surface area contributed by atoms with Crippen molar-refractivity contribution in [3.63, 3.8) is 0 Å². The predicted molar refractivity (Wildman–Crippen MR) is 86.6 cm³/mol. The van der Waals surface area contributed by atoms with Crippen molar-refractivity contribution < 1.29 is 36.6 Å². The molecule has 2 rings (SSSR count). The summed E-state index contributed by atoms with van der Waals surface area (Å²) in [4.78, 5) is 23.2. The molecule has 0 unspecified atom stereocenters. The van der Waals surface area contributed by atoms with Crippen LogP contribution in [0.15, 0.2) is 36.4 Å². The smallest absolute Gasteiger partial charge is 0.311 e. The molecule has 0 radical (unpaired) electrons. The molecule has 27 heavy (non-hydrogen) atoms. The summed E-state index contributed by atoms with van der Waals surface area (Å²) >= 11 is 0. The lowest BCUT2D eigenvalue weighted by Crippen LogP contribution is -2.12. The van der Waals surface area contributed by atoms with E-state index in [0.717, 1.165) is 5.56 Å². The molecule has 0 N–H and O–H groups in total. The molecule has 4 nitrogen and oxygen atoms in total. The van der Waals surface area contributed by atoms with Gasteiger partial charge in [0, 0.05) is 18.9 Å². The Morgan fingerprint density at radius 2 is 1.37 bits per heavy atom. The van der Waals surface area contributed by atoms with Crippen molar-refractivity contribution in [2.24, 2.45) is 0 Å². The zero-order chi connectivity index (χ0) is 19.8. The predicted octanol–water partition coefficient (Wildman–Crippen LogP) is 4.45. The minimum absolute atomic E-state index is 0.0169. The Hall–Kier alpha value is -2.90. The van der Waals surface area contributed by atoms with E-state index < -0.39 is 41.0 Å². The molecule has 0 fully saturated rings. The Kier molecular flexibility index (Phi) is 7.34. The van der Waals surface area contributed by atoms with Crippen LogP contribution in [0.1, 0.15) is 31.2 Å². The molecule has 0 spiro atoms. The summed E-state index contributed by atoms with van der Waals surface area (Å²) in [6.07, 6.45) is 0.186. The summed E-state index contributed by atoms with van der Waals surface area (Å²) in [5.41, 5.74) is 0.834. The van der Waals surface area contributed by atoms with Gasteiger partial charge in [-0.2, -0.15) is 8.78 Å². The number of ether oxygens (including phenoxy) is 2. The van der Waals surface area contributed by atoms with Crippen LogP contribution in [0.3, 0.4) is 0 Å². The standard InChI is InChI=1S/C19H16F4O4/c20-13-10-14(21)18(23)19(17(13)22)27-16(25)9-5-4-8-15(24)26-11-12-6-2-1-3-7-12/h1-3,6-7,10H,4-5,8-9,11H2.